The molecular formula is C25H26F4N4O3. The average Bonchev–Trinajstić information content (AvgIpc) is 2.84. The van der Waals surface area contributed by atoms with Gasteiger partial charge in [0, 0.05) is 31.8 Å². The largest absolute Gasteiger partial charge is 0.467 e. The first-order valence-electron chi connectivity index (χ1n) is 11.1. The lowest BCUT2D eigenvalue weighted by atomic mass is 10.1. The van der Waals surface area contributed by atoms with E-state index in [4.69, 9.17) is 9.47 Å². The van der Waals surface area contributed by atoms with Crippen LogP contribution in [0.5, 0.6) is 6.01 Å². The standard InChI is InChI=1S/C25H26F4N4O3/c1-35-15-23(34)31-10-8-16-4-3-5-18(12-16)21-14-22(33-24(32-21)36-2)30-11-9-17-6-7-19(13-20(17)26)25(27,28)29/h3-7,12-14H,8-11,15H2,1-2H3,(H,31,34)(H,30,32,33). The quantitative estimate of drug-likeness (QED) is 0.378. The van der Waals surface area contributed by atoms with Crippen LogP contribution in [-0.4, -0.2) is 49.8 Å². The number of carbonyl (C=O) groups excluding carboxylic acids is 1. The second-order valence-electron chi connectivity index (χ2n) is 7.84. The molecule has 7 nitrogen and oxygen atoms in total. The second kappa shape index (κ2) is 12.3. The smallest absolute Gasteiger partial charge is 0.416 e. The Bertz CT molecular complexity index is 1190. The number of nitrogens with one attached hydrogen (secondary N) is 2. The summed E-state index contributed by atoms with van der Waals surface area (Å²) >= 11 is 0. The molecule has 36 heavy (non-hydrogen) atoms. The van der Waals surface area contributed by atoms with E-state index >= 15 is 0 Å². The molecule has 0 spiro atoms. The minimum Gasteiger partial charge on any atom is -0.467 e. The molecule has 0 radical (unpaired) electrons. The Hall–Kier alpha value is -3.73. The van der Waals surface area contributed by atoms with Gasteiger partial charge in [-0.3, -0.25) is 4.79 Å². The van der Waals surface area contributed by atoms with E-state index in [1.54, 1.807) is 6.07 Å². The number of amides is 1. The van der Waals surface area contributed by atoms with Gasteiger partial charge in [0.15, 0.2) is 0 Å². The van der Waals surface area contributed by atoms with E-state index in [1.807, 2.05) is 24.3 Å². The summed E-state index contributed by atoms with van der Waals surface area (Å²) in [5.41, 5.74) is 1.49. The first-order valence-corrected chi connectivity index (χ1v) is 11.1. The number of hydrogen-bond acceptors (Lipinski definition) is 6. The van der Waals surface area contributed by atoms with Crippen LogP contribution in [0.25, 0.3) is 11.3 Å². The molecule has 1 heterocycles. The number of anilines is 1. The number of aromatic nitrogens is 2. The third-order valence-electron chi connectivity index (χ3n) is 5.20. The monoisotopic (exact) mass is 506 g/mol. The van der Waals surface area contributed by atoms with Crippen LogP contribution in [0.2, 0.25) is 0 Å². The molecule has 11 heteroatoms. The van der Waals surface area contributed by atoms with E-state index in [-0.39, 0.29) is 37.1 Å². The van der Waals surface area contributed by atoms with Gasteiger partial charge in [-0.25, -0.2) is 4.39 Å². The molecule has 0 aliphatic rings. The van der Waals surface area contributed by atoms with E-state index in [1.165, 1.54) is 14.2 Å². The van der Waals surface area contributed by atoms with Gasteiger partial charge >= 0.3 is 12.2 Å². The zero-order valence-electron chi connectivity index (χ0n) is 19.8. The number of alkyl halides is 3. The van der Waals surface area contributed by atoms with E-state index in [0.29, 0.717) is 30.5 Å². The number of carbonyl (C=O) groups is 1. The lowest BCUT2D eigenvalue weighted by Gasteiger charge is -2.12. The average molecular weight is 507 g/mol. The molecule has 0 saturated carbocycles. The number of methoxy groups -OCH3 is 2. The molecule has 192 valence electrons. The van der Waals surface area contributed by atoms with Crippen molar-refractivity contribution < 1.29 is 31.8 Å². The maximum Gasteiger partial charge on any atom is 0.416 e. The van der Waals surface area contributed by atoms with Crippen molar-refractivity contribution in [3.63, 3.8) is 0 Å². The number of nitrogens with zero attached hydrogens (tertiary/aromatic N) is 2. The predicted molar refractivity (Wildman–Crippen MR) is 126 cm³/mol. The van der Waals surface area contributed by atoms with Crippen LogP contribution < -0.4 is 15.4 Å². The minimum atomic E-state index is -4.60. The maximum atomic E-state index is 14.1. The van der Waals surface area contributed by atoms with Gasteiger partial charge in [-0.15, -0.1) is 0 Å². The number of hydrogen-bond donors (Lipinski definition) is 2. The van der Waals surface area contributed by atoms with Crippen molar-refractivity contribution in [3.8, 4) is 17.3 Å². The highest BCUT2D eigenvalue weighted by atomic mass is 19.4. The third-order valence-corrected chi connectivity index (χ3v) is 5.20. The van der Waals surface area contributed by atoms with Crippen molar-refractivity contribution in [1.29, 1.82) is 0 Å². The molecule has 1 aromatic heterocycles. The van der Waals surface area contributed by atoms with Gasteiger partial charge in [-0.2, -0.15) is 23.1 Å². The van der Waals surface area contributed by atoms with Crippen molar-refractivity contribution in [2.24, 2.45) is 0 Å². The molecule has 3 aromatic rings. The molecule has 0 bridgehead atoms. The summed E-state index contributed by atoms with van der Waals surface area (Å²) in [6.07, 6.45) is -3.84. The predicted octanol–water partition coefficient (Wildman–Crippen LogP) is 4.27. The molecule has 0 unspecified atom stereocenters. The van der Waals surface area contributed by atoms with Gasteiger partial charge in [-0.05, 0) is 42.2 Å². The highest BCUT2D eigenvalue weighted by molar-refractivity contribution is 5.77. The Labute approximate surface area is 205 Å². The fourth-order valence-electron chi connectivity index (χ4n) is 3.42. The molecular weight excluding hydrogens is 480 g/mol. The Morgan fingerprint density at radius 3 is 2.50 bits per heavy atom. The van der Waals surface area contributed by atoms with E-state index in [9.17, 15) is 22.4 Å². The normalized spacial score (nSPS) is 11.3. The third kappa shape index (κ3) is 7.64. The summed E-state index contributed by atoms with van der Waals surface area (Å²) in [5.74, 6) is -0.690. The highest BCUT2D eigenvalue weighted by Crippen LogP contribution is 2.30. The van der Waals surface area contributed by atoms with Gasteiger partial charge in [0.2, 0.25) is 5.91 Å². The zero-order chi connectivity index (χ0) is 26.1. The second-order valence-corrected chi connectivity index (χ2v) is 7.84. The minimum absolute atomic E-state index is 0.00204. The fourth-order valence-corrected chi connectivity index (χ4v) is 3.42. The summed E-state index contributed by atoms with van der Waals surface area (Å²) in [6.45, 7) is 0.678. The molecule has 0 fully saturated rings. The van der Waals surface area contributed by atoms with Crippen LogP contribution in [0.4, 0.5) is 23.4 Å². The summed E-state index contributed by atoms with van der Waals surface area (Å²) < 4.78 is 62.3. The number of rotatable bonds is 11. The Morgan fingerprint density at radius 1 is 1.00 bits per heavy atom. The zero-order valence-corrected chi connectivity index (χ0v) is 19.8. The molecule has 1 amide bonds. The van der Waals surface area contributed by atoms with Crippen LogP contribution >= 0.6 is 0 Å². The van der Waals surface area contributed by atoms with Gasteiger partial charge in [0.1, 0.15) is 18.2 Å². The van der Waals surface area contributed by atoms with Crippen molar-refractivity contribution in [1.82, 2.24) is 15.3 Å². The van der Waals surface area contributed by atoms with Crippen molar-refractivity contribution in [2.75, 3.05) is 39.2 Å². The molecule has 2 aromatic carbocycles. The number of benzene rings is 2. The van der Waals surface area contributed by atoms with Gasteiger partial charge < -0.3 is 20.1 Å². The number of halogens is 4. The SMILES string of the molecule is COCC(=O)NCCc1cccc(-c2cc(NCCc3ccc(C(F)(F)F)cc3F)nc(OC)n2)c1. The van der Waals surface area contributed by atoms with Gasteiger partial charge in [0.25, 0.3) is 0 Å². The fraction of sp³-hybridized carbons (Fsp3) is 0.320. The molecule has 0 atom stereocenters. The van der Waals surface area contributed by atoms with Crippen LogP contribution in [0.1, 0.15) is 16.7 Å². The summed E-state index contributed by atoms with van der Waals surface area (Å²) in [4.78, 5) is 20.2. The van der Waals surface area contributed by atoms with Gasteiger partial charge in [-0.1, -0.05) is 24.3 Å². The van der Waals surface area contributed by atoms with E-state index in [2.05, 4.69) is 20.6 Å². The Kier molecular flexibility index (Phi) is 9.18. The summed E-state index contributed by atoms with van der Waals surface area (Å²) in [6, 6.07) is 11.9. The first-order chi connectivity index (χ1) is 17.2. The van der Waals surface area contributed by atoms with Crippen LogP contribution in [0, 0.1) is 5.82 Å². The molecule has 3 rings (SSSR count). The Balaban J connectivity index is 1.67. The summed E-state index contributed by atoms with van der Waals surface area (Å²) in [5, 5.41) is 5.81. The number of ether oxygens (including phenoxy) is 2. The topological polar surface area (TPSA) is 85.4 Å². The summed E-state index contributed by atoms with van der Waals surface area (Å²) in [7, 11) is 2.88. The van der Waals surface area contributed by atoms with Crippen molar-refractivity contribution in [3.05, 3.63) is 71.0 Å². The van der Waals surface area contributed by atoms with Crippen LogP contribution in [0.3, 0.4) is 0 Å². The molecule has 2 N–H and O–H groups in total. The van der Waals surface area contributed by atoms with Crippen molar-refractivity contribution in [2.45, 2.75) is 19.0 Å². The van der Waals surface area contributed by atoms with Crippen LogP contribution in [0.15, 0.2) is 48.5 Å². The van der Waals surface area contributed by atoms with Crippen LogP contribution in [-0.2, 0) is 28.5 Å². The molecule has 0 saturated heterocycles. The highest BCUT2D eigenvalue weighted by Gasteiger charge is 2.31. The maximum absolute atomic E-state index is 14.1. The van der Waals surface area contributed by atoms with Gasteiger partial charge in [0.05, 0.1) is 18.4 Å². The lowest BCUT2D eigenvalue weighted by Crippen LogP contribution is -2.28. The van der Waals surface area contributed by atoms with E-state index in [0.717, 1.165) is 23.3 Å². The molecule has 0 aliphatic carbocycles. The van der Waals surface area contributed by atoms with Crippen molar-refractivity contribution >= 4 is 11.7 Å². The first kappa shape index (κ1) is 26.9. The Morgan fingerprint density at radius 2 is 1.81 bits per heavy atom. The lowest BCUT2D eigenvalue weighted by molar-refractivity contribution is -0.137. The molecule has 0 aliphatic heterocycles. The van der Waals surface area contributed by atoms with E-state index < -0.39 is 17.6 Å².